The first-order chi connectivity index (χ1) is 10.1. The van der Waals surface area contributed by atoms with Crippen LogP contribution in [0.4, 0.5) is 0 Å². The molecule has 0 aromatic carbocycles. The zero-order valence-corrected chi connectivity index (χ0v) is 13.9. The molecule has 3 rings (SSSR count). The summed E-state index contributed by atoms with van der Waals surface area (Å²) in [5.41, 5.74) is 3.47. The third kappa shape index (κ3) is 3.50. The van der Waals surface area contributed by atoms with E-state index in [4.69, 9.17) is 0 Å². The van der Waals surface area contributed by atoms with Gasteiger partial charge in [-0.1, -0.05) is 6.07 Å². The summed E-state index contributed by atoms with van der Waals surface area (Å²) in [7, 11) is 2.22. The van der Waals surface area contributed by atoms with Gasteiger partial charge in [0.2, 0.25) is 0 Å². The summed E-state index contributed by atoms with van der Waals surface area (Å²) in [6, 6.07) is 4.35. The molecule has 1 atom stereocenters. The summed E-state index contributed by atoms with van der Waals surface area (Å²) >= 11 is 1.73. The smallest absolute Gasteiger partial charge is 0.142 e. The van der Waals surface area contributed by atoms with E-state index in [1.54, 1.807) is 11.3 Å². The van der Waals surface area contributed by atoms with Gasteiger partial charge in [-0.15, -0.1) is 11.3 Å². The molecule has 0 spiro atoms. The van der Waals surface area contributed by atoms with Crippen LogP contribution < -0.4 is 0 Å². The Balaban J connectivity index is 1.69. The summed E-state index contributed by atoms with van der Waals surface area (Å²) in [4.78, 5) is 12.9. The molecule has 112 valence electrons. The van der Waals surface area contributed by atoms with E-state index >= 15 is 0 Å². The van der Waals surface area contributed by atoms with Gasteiger partial charge in [-0.25, -0.2) is 4.98 Å². The van der Waals surface area contributed by atoms with Gasteiger partial charge in [-0.3, -0.25) is 4.98 Å². The maximum atomic E-state index is 4.62. The van der Waals surface area contributed by atoms with Crippen molar-refractivity contribution >= 4 is 11.3 Å². The van der Waals surface area contributed by atoms with Crippen LogP contribution >= 0.6 is 11.3 Å². The second kappa shape index (κ2) is 6.24. The highest BCUT2D eigenvalue weighted by Crippen LogP contribution is 2.26. The Hall–Kier alpha value is -1.26. The Morgan fingerprint density at radius 3 is 2.81 bits per heavy atom. The van der Waals surface area contributed by atoms with Crippen molar-refractivity contribution in [1.29, 1.82) is 0 Å². The lowest BCUT2D eigenvalue weighted by Crippen LogP contribution is -2.32. The molecule has 4 heteroatoms. The fraction of sp³-hybridized carbons (Fsp3) is 0.529. The number of hydrogen-bond donors (Lipinski definition) is 0. The first-order valence-corrected chi connectivity index (χ1v) is 8.51. The van der Waals surface area contributed by atoms with Crippen molar-refractivity contribution in [3.63, 3.8) is 0 Å². The Morgan fingerprint density at radius 2 is 2.19 bits per heavy atom. The number of rotatable bonds is 3. The van der Waals surface area contributed by atoms with E-state index in [0.29, 0.717) is 0 Å². The molecule has 0 radical (unpaired) electrons. The number of likely N-dealkylation sites (tertiary alicyclic amines) is 1. The van der Waals surface area contributed by atoms with Gasteiger partial charge in [0, 0.05) is 17.6 Å². The topological polar surface area (TPSA) is 29.0 Å². The molecule has 1 aliphatic rings. The number of thiazole rings is 1. The van der Waals surface area contributed by atoms with Crippen molar-refractivity contribution in [2.45, 2.75) is 33.1 Å². The molecule has 3 heterocycles. The molecule has 3 nitrogen and oxygen atoms in total. The van der Waals surface area contributed by atoms with Crippen LogP contribution in [-0.2, 0) is 6.42 Å². The van der Waals surface area contributed by atoms with Crippen LogP contribution in [0.5, 0.6) is 0 Å². The molecule has 0 bridgehead atoms. The maximum Gasteiger partial charge on any atom is 0.142 e. The van der Waals surface area contributed by atoms with Crippen molar-refractivity contribution in [2.24, 2.45) is 5.92 Å². The van der Waals surface area contributed by atoms with Gasteiger partial charge in [-0.05, 0) is 64.3 Å². The highest BCUT2D eigenvalue weighted by atomic mass is 32.1. The standard InChI is InChI=1S/C17H23N3S/c1-12-13(2)21-17(19-12)16-7-6-14(10-18-16)9-15-5-4-8-20(3)11-15/h6-7,10,15H,4-5,8-9,11H2,1-3H3/t15-/m0/s1. The van der Waals surface area contributed by atoms with Crippen molar-refractivity contribution in [2.75, 3.05) is 20.1 Å². The summed E-state index contributed by atoms with van der Waals surface area (Å²) in [6.07, 6.45) is 5.85. The Morgan fingerprint density at radius 1 is 1.33 bits per heavy atom. The Kier molecular flexibility index (Phi) is 4.36. The minimum atomic E-state index is 0.778. The van der Waals surface area contributed by atoms with Crippen LogP contribution in [-0.4, -0.2) is 35.0 Å². The number of aryl methyl sites for hydroxylation is 2. The minimum absolute atomic E-state index is 0.778. The molecular weight excluding hydrogens is 278 g/mol. The van der Waals surface area contributed by atoms with Gasteiger partial charge in [0.25, 0.3) is 0 Å². The van der Waals surface area contributed by atoms with Crippen molar-refractivity contribution in [1.82, 2.24) is 14.9 Å². The molecule has 2 aromatic heterocycles. The lowest BCUT2D eigenvalue weighted by Gasteiger charge is -2.29. The number of nitrogens with zero attached hydrogens (tertiary/aromatic N) is 3. The van der Waals surface area contributed by atoms with Gasteiger partial charge in [0.05, 0.1) is 11.4 Å². The Labute approximate surface area is 131 Å². The maximum absolute atomic E-state index is 4.62. The number of pyridine rings is 1. The van der Waals surface area contributed by atoms with E-state index in [0.717, 1.165) is 28.7 Å². The summed E-state index contributed by atoms with van der Waals surface area (Å²) in [5.74, 6) is 0.778. The van der Waals surface area contributed by atoms with Crippen LogP contribution in [0.1, 0.15) is 29.0 Å². The lowest BCUT2D eigenvalue weighted by atomic mass is 9.92. The molecule has 0 aliphatic carbocycles. The van der Waals surface area contributed by atoms with E-state index < -0.39 is 0 Å². The summed E-state index contributed by atoms with van der Waals surface area (Å²) in [6.45, 7) is 6.64. The zero-order valence-electron chi connectivity index (χ0n) is 13.1. The predicted molar refractivity (Wildman–Crippen MR) is 88.7 cm³/mol. The second-order valence-electron chi connectivity index (χ2n) is 6.19. The molecule has 1 fully saturated rings. The van der Waals surface area contributed by atoms with Crippen molar-refractivity contribution in [3.05, 3.63) is 34.5 Å². The van der Waals surface area contributed by atoms with Crippen molar-refractivity contribution in [3.8, 4) is 10.7 Å². The molecule has 1 saturated heterocycles. The first kappa shape index (κ1) is 14.7. The molecule has 0 amide bonds. The number of hydrogen-bond acceptors (Lipinski definition) is 4. The highest BCUT2D eigenvalue weighted by Gasteiger charge is 2.17. The van der Waals surface area contributed by atoms with Gasteiger partial charge in [-0.2, -0.15) is 0 Å². The molecule has 0 N–H and O–H groups in total. The molecule has 21 heavy (non-hydrogen) atoms. The largest absolute Gasteiger partial charge is 0.306 e. The van der Waals surface area contributed by atoms with E-state index in [2.05, 4.69) is 47.9 Å². The fourth-order valence-corrected chi connectivity index (χ4v) is 3.92. The van der Waals surface area contributed by atoms with E-state index in [1.165, 1.54) is 36.4 Å². The van der Waals surface area contributed by atoms with E-state index in [1.807, 2.05) is 6.20 Å². The normalized spacial score (nSPS) is 19.9. The van der Waals surface area contributed by atoms with Crippen LogP contribution in [0.3, 0.4) is 0 Å². The van der Waals surface area contributed by atoms with Gasteiger partial charge in [0.1, 0.15) is 5.01 Å². The second-order valence-corrected chi connectivity index (χ2v) is 7.39. The van der Waals surface area contributed by atoms with Gasteiger partial charge < -0.3 is 4.90 Å². The molecule has 0 saturated carbocycles. The summed E-state index contributed by atoms with van der Waals surface area (Å²) in [5, 5.41) is 1.04. The molecule has 2 aromatic rings. The van der Waals surface area contributed by atoms with Gasteiger partial charge >= 0.3 is 0 Å². The van der Waals surface area contributed by atoms with Crippen LogP contribution in [0.25, 0.3) is 10.7 Å². The monoisotopic (exact) mass is 301 g/mol. The fourth-order valence-electron chi connectivity index (χ4n) is 3.03. The van der Waals surface area contributed by atoms with E-state index in [-0.39, 0.29) is 0 Å². The predicted octanol–water partition coefficient (Wildman–Crippen LogP) is 3.71. The summed E-state index contributed by atoms with van der Waals surface area (Å²) < 4.78 is 0. The third-order valence-electron chi connectivity index (χ3n) is 4.32. The zero-order chi connectivity index (χ0) is 14.8. The lowest BCUT2D eigenvalue weighted by molar-refractivity contribution is 0.209. The average Bonchev–Trinajstić information content (AvgIpc) is 2.79. The number of piperidine rings is 1. The highest BCUT2D eigenvalue weighted by molar-refractivity contribution is 7.15. The third-order valence-corrected chi connectivity index (χ3v) is 5.41. The molecular formula is C17H23N3S. The van der Waals surface area contributed by atoms with Crippen LogP contribution in [0, 0.1) is 19.8 Å². The molecule has 0 unspecified atom stereocenters. The minimum Gasteiger partial charge on any atom is -0.306 e. The first-order valence-electron chi connectivity index (χ1n) is 7.69. The quantitative estimate of drug-likeness (QED) is 0.865. The van der Waals surface area contributed by atoms with Crippen molar-refractivity contribution < 1.29 is 0 Å². The molecule has 1 aliphatic heterocycles. The average molecular weight is 301 g/mol. The number of aromatic nitrogens is 2. The Bertz CT molecular complexity index is 583. The van der Waals surface area contributed by atoms with E-state index in [9.17, 15) is 0 Å². The SMILES string of the molecule is Cc1nc(-c2ccc(C[C@@H]3CCCN(C)C3)cn2)sc1C. The van der Waals surface area contributed by atoms with Crippen LogP contribution in [0.2, 0.25) is 0 Å². The van der Waals surface area contributed by atoms with Gasteiger partial charge in [0.15, 0.2) is 0 Å². The van der Waals surface area contributed by atoms with Crippen LogP contribution in [0.15, 0.2) is 18.3 Å².